The molecule has 11 aromatic rings. The van der Waals surface area contributed by atoms with Crippen molar-refractivity contribution in [1.82, 2.24) is 19.5 Å². The van der Waals surface area contributed by atoms with Crippen LogP contribution < -0.4 is 0 Å². The quantitative estimate of drug-likeness (QED) is 0.172. The average molecular weight is 721 g/mol. The standard InChI is InChI=1S/C51H32N4O/c1-3-13-33(14-4-1)35-17-11-18-36(29-35)37-25-27-46-43(31-37)41-21-7-9-23-45(41)55(46)40-20-12-19-38(30-40)50-52-49(34-15-5-2-6-16-34)53-51(54-50)39-26-28-48-44(32-39)42-22-8-10-24-47(42)56-48/h1-32H/i7D,9D,21D,23D. The first kappa shape index (κ1) is 27.9. The molecule has 5 nitrogen and oxygen atoms in total. The monoisotopic (exact) mass is 720 g/mol. The van der Waals surface area contributed by atoms with Gasteiger partial charge in [0.25, 0.3) is 0 Å². The molecule has 0 atom stereocenters. The van der Waals surface area contributed by atoms with E-state index in [9.17, 15) is 1.37 Å². The molecule has 0 amide bonds. The Morgan fingerprint density at radius 3 is 1.77 bits per heavy atom. The van der Waals surface area contributed by atoms with Crippen molar-refractivity contribution < 1.29 is 9.90 Å². The van der Waals surface area contributed by atoms with Crippen LogP contribution in [0.25, 0.3) is 106 Å². The molecule has 0 aliphatic carbocycles. The first-order chi connectivity index (χ1) is 29.4. The normalized spacial score (nSPS) is 12.6. The maximum Gasteiger partial charge on any atom is 0.164 e. The predicted molar refractivity (Wildman–Crippen MR) is 229 cm³/mol. The molecule has 262 valence electrons. The molecule has 3 aromatic heterocycles. The van der Waals surface area contributed by atoms with Crippen molar-refractivity contribution in [3.05, 3.63) is 194 Å². The molecule has 0 N–H and O–H groups in total. The van der Waals surface area contributed by atoms with Crippen LogP contribution in [0, 0.1) is 0 Å². The summed E-state index contributed by atoms with van der Waals surface area (Å²) in [6.45, 7) is 0. The van der Waals surface area contributed by atoms with Crippen molar-refractivity contribution in [2.24, 2.45) is 0 Å². The molecule has 0 aliphatic rings. The zero-order valence-electron chi connectivity index (χ0n) is 33.9. The lowest BCUT2D eigenvalue weighted by Gasteiger charge is -2.12. The van der Waals surface area contributed by atoms with Crippen LogP contribution in [0.5, 0.6) is 0 Å². The van der Waals surface area contributed by atoms with Crippen LogP contribution in [-0.2, 0) is 0 Å². The minimum Gasteiger partial charge on any atom is -0.456 e. The lowest BCUT2D eigenvalue weighted by atomic mass is 9.98. The van der Waals surface area contributed by atoms with E-state index in [0.29, 0.717) is 39.6 Å². The van der Waals surface area contributed by atoms with Crippen LogP contribution >= 0.6 is 0 Å². The molecule has 0 saturated carbocycles. The van der Waals surface area contributed by atoms with E-state index < -0.39 is 0 Å². The van der Waals surface area contributed by atoms with Gasteiger partial charge >= 0.3 is 0 Å². The number of nitrogens with zero attached hydrogens (tertiary/aromatic N) is 4. The van der Waals surface area contributed by atoms with E-state index in [1.165, 1.54) is 0 Å². The SMILES string of the molecule is [2H]c1c([2H])c([2H])c2c(c1[2H])c1cc(-c3cccc(-c4ccccc4)c3)ccc1n2-c1cccc(-c2nc(-c3ccccc3)nc(-c3ccc4oc5ccccc5c4c3)n2)c1. The Morgan fingerprint density at radius 2 is 0.946 bits per heavy atom. The molecule has 8 aromatic carbocycles. The molecule has 5 heteroatoms. The van der Waals surface area contributed by atoms with Crippen molar-refractivity contribution in [3.8, 4) is 62.1 Å². The van der Waals surface area contributed by atoms with E-state index in [1.807, 2.05) is 138 Å². The zero-order chi connectivity index (χ0) is 40.5. The average Bonchev–Trinajstić information content (AvgIpc) is 3.86. The summed E-state index contributed by atoms with van der Waals surface area (Å²) in [5, 5.41) is 3.16. The number of hydrogen-bond donors (Lipinski definition) is 0. The first-order valence-corrected chi connectivity index (χ1v) is 18.4. The molecule has 0 unspecified atom stereocenters. The second kappa shape index (κ2) is 13.0. The lowest BCUT2D eigenvalue weighted by Crippen LogP contribution is -2.01. The van der Waals surface area contributed by atoms with Gasteiger partial charge in [0.1, 0.15) is 11.2 Å². The van der Waals surface area contributed by atoms with Gasteiger partial charge < -0.3 is 8.98 Å². The summed E-state index contributed by atoms with van der Waals surface area (Å²) in [6.07, 6.45) is 0. The summed E-state index contributed by atoms with van der Waals surface area (Å²) in [7, 11) is 0. The second-order valence-electron chi connectivity index (χ2n) is 13.8. The Kier molecular flexibility index (Phi) is 6.50. The third-order valence-corrected chi connectivity index (χ3v) is 10.4. The third kappa shape index (κ3) is 5.45. The highest BCUT2D eigenvalue weighted by atomic mass is 16.3. The van der Waals surface area contributed by atoms with Gasteiger partial charge in [-0.2, -0.15) is 0 Å². The van der Waals surface area contributed by atoms with E-state index in [1.54, 1.807) is 0 Å². The Morgan fingerprint density at radius 1 is 0.375 bits per heavy atom. The van der Waals surface area contributed by atoms with E-state index in [2.05, 4.69) is 36.4 Å². The summed E-state index contributed by atoms with van der Waals surface area (Å²) < 4.78 is 43.8. The first-order valence-electron chi connectivity index (χ1n) is 20.4. The van der Waals surface area contributed by atoms with Crippen molar-refractivity contribution >= 4 is 43.7 Å². The molecule has 0 radical (unpaired) electrons. The number of hydrogen-bond acceptors (Lipinski definition) is 4. The fourth-order valence-electron chi connectivity index (χ4n) is 7.68. The molecule has 56 heavy (non-hydrogen) atoms. The van der Waals surface area contributed by atoms with Crippen LogP contribution in [-0.4, -0.2) is 19.5 Å². The zero-order valence-corrected chi connectivity index (χ0v) is 29.9. The van der Waals surface area contributed by atoms with Crippen LogP contribution in [0.3, 0.4) is 0 Å². The largest absolute Gasteiger partial charge is 0.456 e. The van der Waals surface area contributed by atoms with Gasteiger partial charge in [-0.3, -0.25) is 0 Å². The van der Waals surface area contributed by atoms with Crippen LogP contribution in [0.2, 0.25) is 0 Å². The fraction of sp³-hybridized carbons (Fsp3) is 0. The van der Waals surface area contributed by atoms with Crippen molar-refractivity contribution in [2.45, 2.75) is 0 Å². The summed E-state index contributed by atoms with van der Waals surface area (Å²) >= 11 is 0. The van der Waals surface area contributed by atoms with E-state index in [-0.39, 0.29) is 24.2 Å². The van der Waals surface area contributed by atoms with E-state index >= 15 is 0 Å². The Balaban J connectivity index is 1.09. The van der Waals surface area contributed by atoms with Crippen molar-refractivity contribution in [1.29, 1.82) is 0 Å². The maximum absolute atomic E-state index is 9.20. The minimum atomic E-state index is -0.291. The molecule has 0 saturated heterocycles. The van der Waals surface area contributed by atoms with Crippen LogP contribution in [0.4, 0.5) is 0 Å². The predicted octanol–water partition coefficient (Wildman–Crippen LogP) is 13.2. The van der Waals surface area contributed by atoms with Crippen molar-refractivity contribution in [3.63, 3.8) is 0 Å². The third-order valence-electron chi connectivity index (χ3n) is 10.4. The molecule has 11 rings (SSSR count). The van der Waals surface area contributed by atoms with Gasteiger partial charge in [-0.25, -0.2) is 15.0 Å². The molecule has 0 fully saturated rings. The highest BCUT2D eigenvalue weighted by Crippen LogP contribution is 2.37. The topological polar surface area (TPSA) is 56.7 Å². The number of benzene rings is 8. The maximum atomic E-state index is 9.20. The molecular weight excluding hydrogens is 685 g/mol. The molecule has 0 bridgehead atoms. The lowest BCUT2D eigenvalue weighted by molar-refractivity contribution is 0.669. The van der Waals surface area contributed by atoms with Gasteiger partial charge in [-0.05, 0) is 82.9 Å². The Labute approximate surface area is 328 Å². The van der Waals surface area contributed by atoms with Crippen LogP contribution in [0.1, 0.15) is 5.48 Å². The van der Waals surface area contributed by atoms with Gasteiger partial charge in [0, 0.05) is 43.9 Å². The highest BCUT2D eigenvalue weighted by Gasteiger charge is 2.17. The number of rotatable bonds is 6. The number of fused-ring (bicyclic) bond motifs is 6. The summed E-state index contributed by atoms with van der Waals surface area (Å²) in [4.78, 5) is 15.1. The van der Waals surface area contributed by atoms with E-state index in [4.69, 9.17) is 23.5 Å². The van der Waals surface area contributed by atoms with Gasteiger partial charge in [-0.1, -0.05) is 133 Å². The molecular formula is C51H32N4O. The van der Waals surface area contributed by atoms with Gasteiger partial charge in [0.05, 0.1) is 16.5 Å². The Hall–Kier alpha value is -7.63. The number of para-hydroxylation sites is 2. The number of furan rings is 1. The number of aromatic nitrogens is 4. The minimum absolute atomic E-state index is 0.0851. The second-order valence-corrected chi connectivity index (χ2v) is 13.8. The Bertz CT molecular complexity index is 3490. The summed E-state index contributed by atoms with van der Waals surface area (Å²) in [5.74, 6) is 1.49. The van der Waals surface area contributed by atoms with Crippen molar-refractivity contribution in [2.75, 3.05) is 0 Å². The van der Waals surface area contributed by atoms with Crippen LogP contribution in [0.15, 0.2) is 198 Å². The highest BCUT2D eigenvalue weighted by molar-refractivity contribution is 6.10. The van der Waals surface area contributed by atoms with Gasteiger partial charge in [0.2, 0.25) is 0 Å². The molecule has 0 aliphatic heterocycles. The van der Waals surface area contributed by atoms with Gasteiger partial charge in [-0.15, -0.1) is 0 Å². The summed E-state index contributed by atoms with van der Waals surface area (Å²) in [5.41, 5.74) is 9.94. The van der Waals surface area contributed by atoms with E-state index in [0.717, 1.165) is 66.2 Å². The molecule has 3 heterocycles. The smallest absolute Gasteiger partial charge is 0.164 e. The van der Waals surface area contributed by atoms with Gasteiger partial charge in [0.15, 0.2) is 17.5 Å². The fourth-order valence-corrected chi connectivity index (χ4v) is 7.68. The molecule has 0 spiro atoms. The summed E-state index contributed by atoms with van der Waals surface area (Å²) in [6, 6.07) is 55.4.